The third-order valence-electron chi connectivity index (χ3n) is 4.26. The molecule has 26 heavy (non-hydrogen) atoms. The molecule has 0 bridgehead atoms. The molecule has 2 aromatic carbocycles. The lowest BCUT2D eigenvalue weighted by Gasteiger charge is -2.16. The van der Waals surface area contributed by atoms with Gasteiger partial charge in [-0.3, -0.25) is 9.59 Å². The molecule has 0 unspecified atom stereocenters. The van der Waals surface area contributed by atoms with Crippen LogP contribution >= 0.6 is 0 Å². The number of carbonyl (C=O) groups is 2. The van der Waals surface area contributed by atoms with Crippen molar-refractivity contribution >= 4 is 17.5 Å². The van der Waals surface area contributed by atoms with Crippen LogP contribution in [0.2, 0.25) is 0 Å². The molecule has 1 aliphatic heterocycles. The fraction of sp³-hybridized carbons (Fsp3) is 0.238. The van der Waals surface area contributed by atoms with Gasteiger partial charge in [-0.05, 0) is 48.4 Å². The zero-order chi connectivity index (χ0) is 18.4. The maximum atomic E-state index is 12.2. The van der Waals surface area contributed by atoms with Crippen molar-refractivity contribution in [2.45, 2.75) is 19.4 Å². The zero-order valence-corrected chi connectivity index (χ0v) is 14.6. The molecule has 2 amide bonds. The van der Waals surface area contributed by atoms with Gasteiger partial charge in [-0.2, -0.15) is 0 Å². The van der Waals surface area contributed by atoms with E-state index in [2.05, 4.69) is 11.9 Å². The van der Waals surface area contributed by atoms with Crippen LogP contribution in [0, 0.1) is 0 Å². The van der Waals surface area contributed by atoms with Crippen molar-refractivity contribution in [3.63, 3.8) is 0 Å². The molecule has 0 atom stereocenters. The number of hydrogen-bond acceptors (Lipinski definition) is 3. The molecule has 1 aliphatic rings. The normalized spacial score (nSPS) is 13.5. The highest BCUT2D eigenvalue weighted by Crippen LogP contribution is 2.21. The minimum atomic E-state index is -0.140. The van der Waals surface area contributed by atoms with Crippen molar-refractivity contribution in [1.82, 2.24) is 5.32 Å². The highest BCUT2D eigenvalue weighted by Gasteiger charge is 2.21. The lowest BCUT2D eigenvalue weighted by molar-refractivity contribution is -0.117. The van der Waals surface area contributed by atoms with Crippen LogP contribution in [0.5, 0.6) is 5.75 Å². The Hall–Kier alpha value is -3.08. The summed E-state index contributed by atoms with van der Waals surface area (Å²) in [6, 6.07) is 14.7. The molecule has 0 radical (unpaired) electrons. The summed E-state index contributed by atoms with van der Waals surface area (Å²) in [4.78, 5) is 25.8. The molecule has 0 spiro atoms. The van der Waals surface area contributed by atoms with Crippen LogP contribution in [0.25, 0.3) is 0 Å². The Labute approximate surface area is 153 Å². The number of nitrogens with one attached hydrogen (secondary N) is 1. The molecular formula is C21H22N2O3. The minimum Gasteiger partial charge on any atom is -0.490 e. The highest BCUT2D eigenvalue weighted by atomic mass is 16.5. The Bertz CT molecular complexity index is 782. The summed E-state index contributed by atoms with van der Waals surface area (Å²) < 4.78 is 5.40. The Morgan fingerprint density at radius 2 is 1.88 bits per heavy atom. The van der Waals surface area contributed by atoms with Gasteiger partial charge in [0.1, 0.15) is 12.4 Å². The Kier molecular flexibility index (Phi) is 5.69. The lowest BCUT2D eigenvalue weighted by atomic mass is 10.1. The summed E-state index contributed by atoms with van der Waals surface area (Å²) in [5.41, 5.74) is 2.48. The van der Waals surface area contributed by atoms with Crippen LogP contribution in [0.4, 0.5) is 5.69 Å². The first-order valence-electron chi connectivity index (χ1n) is 8.68. The molecular weight excluding hydrogens is 328 g/mol. The molecule has 0 saturated carbocycles. The predicted molar refractivity (Wildman–Crippen MR) is 101 cm³/mol. The Morgan fingerprint density at radius 3 is 2.50 bits per heavy atom. The van der Waals surface area contributed by atoms with E-state index in [1.165, 1.54) is 0 Å². The van der Waals surface area contributed by atoms with Gasteiger partial charge in [0, 0.05) is 30.8 Å². The van der Waals surface area contributed by atoms with Crippen LogP contribution in [0.3, 0.4) is 0 Å². The van der Waals surface area contributed by atoms with E-state index in [1.807, 2.05) is 24.3 Å². The average molecular weight is 350 g/mol. The second-order valence-electron chi connectivity index (χ2n) is 6.12. The van der Waals surface area contributed by atoms with E-state index in [1.54, 1.807) is 35.2 Å². The van der Waals surface area contributed by atoms with Crippen LogP contribution in [-0.2, 0) is 11.3 Å². The largest absolute Gasteiger partial charge is 0.490 e. The number of carbonyl (C=O) groups excluding carboxylic acids is 2. The number of ether oxygens (including phenoxy) is 1. The van der Waals surface area contributed by atoms with Crippen LogP contribution < -0.4 is 15.0 Å². The topological polar surface area (TPSA) is 58.6 Å². The molecule has 1 heterocycles. The molecule has 0 aromatic heterocycles. The van der Waals surface area contributed by atoms with Gasteiger partial charge >= 0.3 is 0 Å². The third kappa shape index (κ3) is 4.30. The summed E-state index contributed by atoms with van der Waals surface area (Å²) >= 11 is 0. The van der Waals surface area contributed by atoms with Gasteiger partial charge in [-0.1, -0.05) is 24.8 Å². The molecule has 1 saturated heterocycles. The second kappa shape index (κ2) is 8.34. The summed E-state index contributed by atoms with van der Waals surface area (Å²) in [5.74, 6) is 0.735. The first kappa shape index (κ1) is 17.7. The number of anilines is 1. The van der Waals surface area contributed by atoms with Gasteiger partial charge in [-0.25, -0.2) is 0 Å². The average Bonchev–Trinajstić information content (AvgIpc) is 3.11. The fourth-order valence-corrected chi connectivity index (χ4v) is 2.86. The molecule has 2 aromatic rings. The van der Waals surface area contributed by atoms with Crippen LogP contribution in [0.1, 0.15) is 28.8 Å². The monoisotopic (exact) mass is 350 g/mol. The molecule has 3 rings (SSSR count). The molecule has 5 nitrogen and oxygen atoms in total. The second-order valence-corrected chi connectivity index (χ2v) is 6.12. The predicted octanol–water partition coefficient (Wildman–Crippen LogP) is 3.31. The van der Waals surface area contributed by atoms with E-state index in [9.17, 15) is 9.59 Å². The van der Waals surface area contributed by atoms with E-state index in [-0.39, 0.29) is 11.8 Å². The summed E-state index contributed by atoms with van der Waals surface area (Å²) in [6.45, 7) is 5.24. The molecule has 134 valence electrons. The van der Waals surface area contributed by atoms with E-state index < -0.39 is 0 Å². The smallest absolute Gasteiger partial charge is 0.251 e. The number of hydrogen-bond donors (Lipinski definition) is 1. The minimum absolute atomic E-state index is 0.140. The van der Waals surface area contributed by atoms with Gasteiger partial charge in [-0.15, -0.1) is 0 Å². The van der Waals surface area contributed by atoms with Crippen molar-refractivity contribution in [2.24, 2.45) is 0 Å². The quantitative estimate of drug-likeness (QED) is 0.780. The maximum absolute atomic E-state index is 12.2. The summed E-state index contributed by atoms with van der Waals surface area (Å²) in [7, 11) is 0. The van der Waals surface area contributed by atoms with Crippen molar-refractivity contribution in [3.8, 4) is 5.75 Å². The number of amides is 2. The first-order valence-corrected chi connectivity index (χ1v) is 8.68. The van der Waals surface area contributed by atoms with Gasteiger partial charge in [0.25, 0.3) is 5.91 Å². The van der Waals surface area contributed by atoms with E-state index in [4.69, 9.17) is 4.74 Å². The van der Waals surface area contributed by atoms with Crippen molar-refractivity contribution < 1.29 is 14.3 Å². The van der Waals surface area contributed by atoms with Crippen molar-refractivity contribution in [1.29, 1.82) is 0 Å². The maximum Gasteiger partial charge on any atom is 0.251 e. The van der Waals surface area contributed by atoms with Gasteiger partial charge in [0.2, 0.25) is 5.91 Å². The van der Waals surface area contributed by atoms with E-state index in [0.717, 1.165) is 24.2 Å². The van der Waals surface area contributed by atoms with Gasteiger partial charge in [0.15, 0.2) is 0 Å². The van der Waals surface area contributed by atoms with E-state index in [0.29, 0.717) is 30.9 Å². The molecule has 1 N–H and O–H groups in total. The SMILES string of the molecule is C=CCOc1ccc(C(=O)NCc2ccc(N3CCCC3=O)cc2)cc1. The highest BCUT2D eigenvalue weighted by molar-refractivity contribution is 5.95. The zero-order valence-electron chi connectivity index (χ0n) is 14.6. The number of rotatable bonds is 7. The molecule has 0 aliphatic carbocycles. The molecule has 1 fully saturated rings. The Balaban J connectivity index is 1.54. The lowest BCUT2D eigenvalue weighted by Crippen LogP contribution is -2.24. The Morgan fingerprint density at radius 1 is 1.15 bits per heavy atom. The first-order chi connectivity index (χ1) is 12.7. The van der Waals surface area contributed by atoms with Crippen LogP contribution in [-0.4, -0.2) is 25.0 Å². The van der Waals surface area contributed by atoms with Crippen LogP contribution in [0.15, 0.2) is 61.2 Å². The van der Waals surface area contributed by atoms with Gasteiger partial charge < -0.3 is 15.0 Å². The van der Waals surface area contributed by atoms with E-state index >= 15 is 0 Å². The number of benzene rings is 2. The third-order valence-corrected chi connectivity index (χ3v) is 4.26. The van der Waals surface area contributed by atoms with Crippen molar-refractivity contribution in [2.75, 3.05) is 18.1 Å². The van der Waals surface area contributed by atoms with Crippen molar-refractivity contribution in [3.05, 3.63) is 72.3 Å². The summed E-state index contributed by atoms with van der Waals surface area (Å²) in [6.07, 6.45) is 3.20. The standard InChI is InChI=1S/C21H22N2O3/c1-2-14-26-19-11-7-17(8-12-19)21(25)22-15-16-5-9-18(10-6-16)23-13-3-4-20(23)24/h2,5-12H,1,3-4,13-15H2,(H,22,25). The van der Waals surface area contributed by atoms with Gasteiger partial charge in [0.05, 0.1) is 0 Å². The summed E-state index contributed by atoms with van der Waals surface area (Å²) in [5, 5.41) is 2.90. The number of nitrogens with zero attached hydrogens (tertiary/aromatic N) is 1. The molecule has 5 heteroatoms. The fourth-order valence-electron chi connectivity index (χ4n) is 2.86.